The average molecular weight is 255 g/mol. The highest BCUT2D eigenvalue weighted by molar-refractivity contribution is 5.81. The minimum Gasteiger partial charge on any atom is -0.354 e. The zero-order valence-electron chi connectivity index (χ0n) is 12.3. The summed E-state index contributed by atoms with van der Waals surface area (Å²) >= 11 is 0. The summed E-state index contributed by atoms with van der Waals surface area (Å²) in [6.45, 7) is 12.3. The van der Waals surface area contributed by atoms with Gasteiger partial charge in [0.05, 0.1) is 6.04 Å². The van der Waals surface area contributed by atoms with Gasteiger partial charge in [-0.15, -0.1) is 0 Å². The van der Waals surface area contributed by atoms with E-state index in [-0.39, 0.29) is 11.9 Å². The Morgan fingerprint density at radius 2 is 1.94 bits per heavy atom. The van der Waals surface area contributed by atoms with Crippen molar-refractivity contribution in [1.29, 1.82) is 0 Å². The number of likely N-dealkylation sites (N-methyl/N-ethyl adjacent to an activating group) is 1. The van der Waals surface area contributed by atoms with Crippen LogP contribution >= 0.6 is 0 Å². The molecular formula is C14H29N3O. The third-order valence-electron chi connectivity index (χ3n) is 3.70. The average Bonchev–Trinajstić information content (AvgIpc) is 2.38. The van der Waals surface area contributed by atoms with E-state index in [0.29, 0.717) is 12.0 Å². The van der Waals surface area contributed by atoms with Crippen molar-refractivity contribution < 1.29 is 4.79 Å². The van der Waals surface area contributed by atoms with Gasteiger partial charge >= 0.3 is 0 Å². The van der Waals surface area contributed by atoms with Crippen molar-refractivity contribution in [3.63, 3.8) is 0 Å². The first kappa shape index (κ1) is 15.4. The van der Waals surface area contributed by atoms with Crippen LogP contribution < -0.4 is 10.6 Å². The first-order chi connectivity index (χ1) is 8.56. The fraction of sp³-hybridized carbons (Fsp3) is 0.929. The number of nitrogens with zero attached hydrogens (tertiary/aromatic N) is 1. The molecule has 0 aliphatic carbocycles. The highest BCUT2D eigenvalue weighted by Gasteiger charge is 2.27. The fourth-order valence-corrected chi connectivity index (χ4v) is 2.59. The Morgan fingerprint density at radius 1 is 1.33 bits per heavy atom. The maximum atomic E-state index is 12.1. The van der Waals surface area contributed by atoms with Crippen molar-refractivity contribution in [2.75, 3.05) is 26.2 Å². The molecule has 1 rings (SSSR count). The maximum absolute atomic E-state index is 12.1. The highest BCUT2D eigenvalue weighted by atomic mass is 16.2. The first-order valence-corrected chi connectivity index (χ1v) is 7.30. The van der Waals surface area contributed by atoms with Crippen LogP contribution in [0.2, 0.25) is 0 Å². The molecule has 0 spiro atoms. The van der Waals surface area contributed by atoms with Crippen LogP contribution in [-0.2, 0) is 4.79 Å². The van der Waals surface area contributed by atoms with E-state index < -0.39 is 0 Å². The topological polar surface area (TPSA) is 44.4 Å². The minimum absolute atomic E-state index is 0.0168. The minimum atomic E-state index is -0.0168. The summed E-state index contributed by atoms with van der Waals surface area (Å²) < 4.78 is 0. The number of rotatable bonds is 6. The van der Waals surface area contributed by atoms with Crippen molar-refractivity contribution in [2.24, 2.45) is 5.92 Å². The third kappa shape index (κ3) is 4.58. The number of amides is 1. The molecule has 0 aromatic carbocycles. The molecule has 1 unspecified atom stereocenters. The van der Waals surface area contributed by atoms with Crippen LogP contribution in [-0.4, -0.2) is 49.1 Å². The predicted octanol–water partition coefficient (Wildman–Crippen LogP) is 1.22. The van der Waals surface area contributed by atoms with Crippen molar-refractivity contribution in [3.05, 3.63) is 0 Å². The quantitative estimate of drug-likeness (QED) is 0.750. The molecular weight excluding hydrogens is 226 g/mol. The molecule has 0 aromatic heterocycles. The monoisotopic (exact) mass is 255 g/mol. The lowest BCUT2D eigenvalue weighted by Crippen LogP contribution is -2.52. The van der Waals surface area contributed by atoms with E-state index >= 15 is 0 Å². The van der Waals surface area contributed by atoms with E-state index in [1.54, 1.807) is 0 Å². The number of piperidine rings is 1. The molecule has 106 valence electrons. The van der Waals surface area contributed by atoms with Gasteiger partial charge < -0.3 is 10.6 Å². The second-order valence-electron chi connectivity index (χ2n) is 5.63. The van der Waals surface area contributed by atoms with Crippen molar-refractivity contribution in [1.82, 2.24) is 15.5 Å². The molecule has 1 heterocycles. The molecule has 18 heavy (non-hydrogen) atoms. The predicted molar refractivity (Wildman–Crippen MR) is 75.6 cm³/mol. The number of carbonyl (C=O) groups is 1. The van der Waals surface area contributed by atoms with Gasteiger partial charge in [-0.1, -0.05) is 20.8 Å². The summed E-state index contributed by atoms with van der Waals surface area (Å²) in [5.41, 5.74) is 0. The van der Waals surface area contributed by atoms with Crippen LogP contribution in [0.3, 0.4) is 0 Å². The summed E-state index contributed by atoms with van der Waals surface area (Å²) in [4.78, 5) is 14.5. The number of hydrogen-bond acceptors (Lipinski definition) is 3. The molecule has 1 atom stereocenters. The molecule has 1 amide bonds. The van der Waals surface area contributed by atoms with Gasteiger partial charge in [-0.05, 0) is 45.3 Å². The number of carbonyl (C=O) groups excluding carboxylic acids is 1. The molecule has 1 aliphatic rings. The second kappa shape index (κ2) is 7.74. The van der Waals surface area contributed by atoms with E-state index in [0.717, 1.165) is 39.0 Å². The molecule has 4 nitrogen and oxygen atoms in total. The largest absolute Gasteiger partial charge is 0.354 e. The lowest BCUT2D eigenvalue weighted by atomic mass is 10.0. The van der Waals surface area contributed by atoms with Gasteiger partial charge in [0, 0.05) is 12.6 Å². The van der Waals surface area contributed by atoms with E-state index in [9.17, 15) is 4.79 Å². The molecule has 1 saturated heterocycles. The number of nitrogens with one attached hydrogen (secondary N) is 2. The van der Waals surface area contributed by atoms with Crippen LogP contribution in [0.15, 0.2) is 0 Å². The molecule has 0 bridgehead atoms. The summed E-state index contributed by atoms with van der Waals surface area (Å²) in [6, 6.07) is 0.535. The highest BCUT2D eigenvalue weighted by Crippen LogP contribution is 2.15. The molecule has 4 heteroatoms. The van der Waals surface area contributed by atoms with Gasteiger partial charge in [0.15, 0.2) is 0 Å². The van der Waals surface area contributed by atoms with Crippen LogP contribution in [0.5, 0.6) is 0 Å². The summed E-state index contributed by atoms with van der Waals surface area (Å²) in [7, 11) is 0. The van der Waals surface area contributed by atoms with E-state index in [2.05, 4.69) is 36.3 Å². The lowest BCUT2D eigenvalue weighted by Gasteiger charge is -2.37. The standard InChI is InChI=1S/C14H29N3O/c1-5-17(13-6-8-15-9-7-13)12(4)14(18)16-10-11(2)3/h11-13,15H,5-10H2,1-4H3,(H,16,18). The summed E-state index contributed by atoms with van der Waals surface area (Å²) in [6.07, 6.45) is 2.30. The summed E-state index contributed by atoms with van der Waals surface area (Å²) in [5, 5.41) is 6.41. The Labute approximate surface area is 111 Å². The first-order valence-electron chi connectivity index (χ1n) is 7.30. The van der Waals surface area contributed by atoms with Gasteiger partial charge in [0.25, 0.3) is 0 Å². The SMILES string of the molecule is CCN(C1CCNCC1)C(C)C(=O)NCC(C)C. The smallest absolute Gasteiger partial charge is 0.237 e. The van der Waals surface area contributed by atoms with Crippen molar-refractivity contribution in [2.45, 2.75) is 52.6 Å². The van der Waals surface area contributed by atoms with Crippen molar-refractivity contribution >= 4 is 5.91 Å². The Balaban J connectivity index is 2.49. The molecule has 0 radical (unpaired) electrons. The fourth-order valence-electron chi connectivity index (χ4n) is 2.59. The molecule has 0 saturated carbocycles. The lowest BCUT2D eigenvalue weighted by molar-refractivity contribution is -0.127. The van der Waals surface area contributed by atoms with Crippen LogP contribution in [0, 0.1) is 5.92 Å². The second-order valence-corrected chi connectivity index (χ2v) is 5.63. The Hall–Kier alpha value is -0.610. The Morgan fingerprint density at radius 3 is 2.44 bits per heavy atom. The van der Waals surface area contributed by atoms with E-state index in [1.165, 1.54) is 0 Å². The van der Waals surface area contributed by atoms with Crippen LogP contribution in [0.1, 0.15) is 40.5 Å². The van der Waals surface area contributed by atoms with Gasteiger partial charge in [-0.2, -0.15) is 0 Å². The van der Waals surface area contributed by atoms with Crippen LogP contribution in [0.4, 0.5) is 0 Å². The molecule has 1 fully saturated rings. The molecule has 0 aromatic rings. The molecule has 2 N–H and O–H groups in total. The van der Waals surface area contributed by atoms with E-state index in [4.69, 9.17) is 0 Å². The zero-order chi connectivity index (χ0) is 13.5. The normalized spacial score (nSPS) is 19.2. The Bertz CT molecular complexity index is 249. The molecule has 1 aliphatic heterocycles. The van der Waals surface area contributed by atoms with Gasteiger partial charge in [0.1, 0.15) is 0 Å². The summed E-state index contributed by atoms with van der Waals surface area (Å²) in [5.74, 6) is 0.680. The van der Waals surface area contributed by atoms with Gasteiger partial charge in [-0.3, -0.25) is 9.69 Å². The zero-order valence-corrected chi connectivity index (χ0v) is 12.3. The van der Waals surface area contributed by atoms with Gasteiger partial charge in [-0.25, -0.2) is 0 Å². The van der Waals surface area contributed by atoms with Crippen molar-refractivity contribution in [3.8, 4) is 0 Å². The van der Waals surface area contributed by atoms with Crippen LogP contribution in [0.25, 0.3) is 0 Å². The number of hydrogen-bond donors (Lipinski definition) is 2. The van der Waals surface area contributed by atoms with Gasteiger partial charge in [0.2, 0.25) is 5.91 Å². The Kier molecular flexibility index (Phi) is 6.65. The third-order valence-corrected chi connectivity index (χ3v) is 3.70. The maximum Gasteiger partial charge on any atom is 0.237 e. The van der Waals surface area contributed by atoms with E-state index in [1.807, 2.05) is 6.92 Å².